The van der Waals surface area contributed by atoms with E-state index in [9.17, 15) is 4.79 Å². The van der Waals surface area contributed by atoms with Gasteiger partial charge < -0.3 is 14.3 Å². The van der Waals surface area contributed by atoms with Crippen molar-refractivity contribution in [1.29, 1.82) is 0 Å². The molecule has 6 nitrogen and oxygen atoms in total. The van der Waals surface area contributed by atoms with Crippen LogP contribution in [0.1, 0.15) is 42.8 Å². The third kappa shape index (κ3) is 2.61. The highest BCUT2D eigenvalue weighted by atomic mass is 32.1. The zero-order chi connectivity index (χ0) is 15.1. The molecule has 0 radical (unpaired) electrons. The van der Waals surface area contributed by atoms with Crippen molar-refractivity contribution in [2.24, 2.45) is 5.92 Å². The Hall–Kier alpha value is -1.89. The second-order valence-electron chi connectivity index (χ2n) is 6.05. The molecule has 0 bridgehead atoms. The fraction of sp³-hybridized carbons (Fsp3) is 0.533. The number of nitrogens with zero attached hydrogens (tertiary/aromatic N) is 2. The van der Waals surface area contributed by atoms with Crippen LogP contribution in [0.2, 0.25) is 0 Å². The predicted molar refractivity (Wildman–Crippen MR) is 82.0 cm³/mol. The number of furan rings is 1. The molecule has 2 aromatic heterocycles. The molecule has 7 heteroatoms. The van der Waals surface area contributed by atoms with Crippen LogP contribution < -0.4 is 5.32 Å². The van der Waals surface area contributed by atoms with E-state index in [-0.39, 0.29) is 17.7 Å². The zero-order valence-electron chi connectivity index (χ0n) is 12.1. The standard InChI is InChI=1S/C15H18N4O2S/c20-14(11-8-10(11)12-2-1-7-21-12)16-6-5-13-17-18-15(22)19(13)9-3-4-9/h1-2,7,9-11H,3-6,8H2,(H,16,20)(H,18,22)/t10-,11-/m1/s1. The maximum absolute atomic E-state index is 12.1. The lowest BCUT2D eigenvalue weighted by molar-refractivity contribution is -0.122. The first-order chi connectivity index (χ1) is 10.7. The van der Waals surface area contributed by atoms with Crippen LogP contribution in [0.5, 0.6) is 0 Å². The topological polar surface area (TPSA) is 75.8 Å². The van der Waals surface area contributed by atoms with Crippen molar-refractivity contribution >= 4 is 18.1 Å². The van der Waals surface area contributed by atoms with Gasteiger partial charge in [-0.05, 0) is 43.6 Å². The van der Waals surface area contributed by atoms with Crippen molar-refractivity contribution in [3.05, 3.63) is 34.8 Å². The SMILES string of the molecule is O=C(NCCc1n[nH]c(=S)n1C1CC1)[C@@H]1C[C@H]1c1ccco1. The number of hydrogen-bond donors (Lipinski definition) is 2. The lowest BCUT2D eigenvalue weighted by atomic mass is 10.2. The molecule has 2 atom stereocenters. The molecular weight excluding hydrogens is 300 g/mol. The van der Waals surface area contributed by atoms with Gasteiger partial charge in [-0.25, -0.2) is 0 Å². The Kier molecular flexibility index (Phi) is 3.37. The smallest absolute Gasteiger partial charge is 0.223 e. The molecule has 22 heavy (non-hydrogen) atoms. The van der Waals surface area contributed by atoms with Crippen LogP contribution in [0, 0.1) is 10.7 Å². The number of H-pyrrole nitrogens is 1. The summed E-state index contributed by atoms with van der Waals surface area (Å²) < 4.78 is 8.13. The van der Waals surface area contributed by atoms with Gasteiger partial charge in [0.15, 0.2) is 4.77 Å². The summed E-state index contributed by atoms with van der Waals surface area (Å²) in [7, 11) is 0. The molecule has 2 fully saturated rings. The van der Waals surface area contributed by atoms with Gasteiger partial charge in [0.1, 0.15) is 11.6 Å². The third-order valence-corrected chi connectivity index (χ3v) is 4.66. The highest BCUT2D eigenvalue weighted by Gasteiger charge is 2.45. The molecule has 2 N–H and O–H groups in total. The lowest BCUT2D eigenvalue weighted by Gasteiger charge is -2.06. The van der Waals surface area contributed by atoms with Crippen LogP contribution >= 0.6 is 12.2 Å². The summed E-state index contributed by atoms with van der Waals surface area (Å²) in [5.74, 6) is 2.25. The molecular formula is C15H18N4O2S. The summed E-state index contributed by atoms with van der Waals surface area (Å²) >= 11 is 5.25. The van der Waals surface area contributed by atoms with Gasteiger partial charge in [0.2, 0.25) is 5.91 Å². The van der Waals surface area contributed by atoms with Crippen molar-refractivity contribution in [3.63, 3.8) is 0 Å². The van der Waals surface area contributed by atoms with Crippen molar-refractivity contribution in [2.45, 2.75) is 37.6 Å². The molecule has 0 unspecified atom stereocenters. The van der Waals surface area contributed by atoms with Gasteiger partial charge in [0.25, 0.3) is 0 Å². The number of aromatic nitrogens is 3. The van der Waals surface area contributed by atoms with E-state index in [0.29, 0.717) is 23.8 Å². The van der Waals surface area contributed by atoms with Crippen LogP contribution in [0.3, 0.4) is 0 Å². The van der Waals surface area contributed by atoms with E-state index in [1.165, 1.54) is 12.8 Å². The van der Waals surface area contributed by atoms with Crippen LogP contribution in [0.15, 0.2) is 22.8 Å². The van der Waals surface area contributed by atoms with E-state index < -0.39 is 0 Å². The number of aromatic amines is 1. The second kappa shape index (κ2) is 5.39. The highest BCUT2D eigenvalue weighted by molar-refractivity contribution is 7.71. The number of amides is 1. The minimum Gasteiger partial charge on any atom is -0.469 e. The van der Waals surface area contributed by atoms with Crippen molar-refractivity contribution in [2.75, 3.05) is 6.54 Å². The summed E-state index contributed by atoms with van der Waals surface area (Å²) in [6.45, 7) is 0.590. The Morgan fingerprint density at radius 2 is 2.41 bits per heavy atom. The summed E-state index contributed by atoms with van der Waals surface area (Å²) in [5.41, 5.74) is 0. The maximum atomic E-state index is 12.1. The first kappa shape index (κ1) is 13.8. The van der Waals surface area contributed by atoms with Gasteiger partial charge >= 0.3 is 0 Å². The van der Waals surface area contributed by atoms with Crippen LogP contribution in [-0.4, -0.2) is 27.2 Å². The van der Waals surface area contributed by atoms with Gasteiger partial charge in [0.05, 0.1) is 6.26 Å². The Balaban J connectivity index is 1.29. The second-order valence-corrected chi connectivity index (χ2v) is 6.44. The van der Waals surface area contributed by atoms with Crippen LogP contribution in [-0.2, 0) is 11.2 Å². The molecule has 2 aliphatic carbocycles. The van der Waals surface area contributed by atoms with Gasteiger partial charge in [-0.1, -0.05) is 0 Å². The molecule has 1 amide bonds. The Morgan fingerprint density at radius 3 is 3.14 bits per heavy atom. The lowest BCUT2D eigenvalue weighted by Crippen LogP contribution is -2.28. The molecule has 0 saturated heterocycles. The summed E-state index contributed by atoms with van der Waals surface area (Å²) in [5, 5.41) is 10.1. The van der Waals surface area contributed by atoms with Crippen molar-refractivity contribution in [3.8, 4) is 0 Å². The Bertz CT molecular complexity index is 729. The van der Waals surface area contributed by atoms with E-state index in [1.807, 2.05) is 12.1 Å². The van der Waals surface area contributed by atoms with E-state index in [2.05, 4.69) is 20.1 Å². The van der Waals surface area contributed by atoms with E-state index in [4.69, 9.17) is 16.6 Å². The van der Waals surface area contributed by atoms with Gasteiger partial charge in [0, 0.05) is 30.8 Å². The largest absolute Gasteiger partial charge is 0.469 e. The van der Waals surface area contributed by atoms with E-state index >= 15 is 0 Å². The quantitative estimate of drug-likeness (QED) is 0.802. The van der Waals surface area contributed by atoms with E-state index in [1.54, 1.807) is 6.26 Å². The molecule has 2 saturated carbocycles. The fourth-order valence-corrected chi connectivity index (χ4v) is 3.25. The molecule has 4 rings (SSSR count). The third-order valence-electron chi connectivity index (χ3n) is 4.37. The Labute approximate surface area is 132 Å². The minimum atomic E-state index is 0.0513. The molecule has 2 aromatic rings. The van der Waals surface area contributed by atoms with Gasteiger partial charge in [-0.2, -0.15) is 5.10 Å². The van der Waals surface area contributed by atoms with E-state index in [0.717, 1.165) is 18.0 Å². The van der Waals surface area contributed by atoms with Crippen LogP contribution in [0.25, 0.3) is 0 Å². The van der Waals surface area contributed by atoms with Gasteiger partial charge in [-0.3, -0.25) is 9.89 Å². The highest BCUT2D eigenvalue weighted by Crippen LogP contribution is 2.47. The summed E-state index contributed by atoms with van der Waals surface area (Å²) in [6, 6.07) is 4.30. The Morgan fingerprint density at radius 1 is 1.55 bits per heavy atom. The number of carbonyl (C=O) groups excluding carboxylic acids is 1. The predicted octanol–water partition coefficient (Wildman–Crippen LogP) is 2.33. The molecule has 0 aliphatic heterocycles. The maximum Gasteiger partial charge on any atom is 0.223 e. The van der Waals surface area contributed by atoms with Crippen molar-refractivity contribution in [1.82, 2.24) is 20.1 Å². The van der Waals surface area contributed by atoms with Gasteiger partial charge in [-0.15, -0.1) is 0 Å². The molecule has 2 aliphatic rings. The first-order valence-electron chi connectivity index (χ1n) is 7.71. The monoisotopic (exact) mass is 318 g/mol. The average Bonchev–Trinajstić information content (AvgIpc) is 3.42. The first-order valence-corrected chi connectivity index (χ1v) is 8.12. The average molecular weight is 318 g/mol. The van der Waals surface area contributed by atoms with Crippen molar-refractivity contribution < 1.29 is 9.21 Å². The number of carbonyl (C=O) groups is 1. The molecule has 0 aromatic carbocycles. The fourth-order valence-electron chi connectivity index (χ4n) is 2.95. The number of hydrogen-bond acceptors (Lipinski definition) is 4. The summed E-state index contributed by atoms with van der Waals surface area (Å²) in [6.07, 6.45) is 5.57. The van der Waals surface area contributed by atoms with Crippen LogP contribution in [0.4, 0.5) is 0 Å². The normalized spacial score (nSPS) is 23.5. The number of nitrogens with one attached hydrogen (secondary N) is 2. The summed E-state index contributed by atoms with van der Waals surface area (Å²) in [4.78, 5) is 12.1. The molecule has 116 valence electrons. The minimum absolute atomic E-state index is 0.0513. The molecule has 2 heterocycles. The zero-order valence-corrected chi connectivity index (χ0v) is 12.9. The number of rotatable bonds is 6. The molecule has 0 spiro atoms.